The van der Waals surface area contributed by atoms with E-state index in [-0.39, 0.29) is 12.1 Å². The molecule has 1 atom stereocenters. The first kappa shape index (κ1) is 15.1. The van der Waals surface area contributed by atoms with Crippen LogP contribution in [0.5, 0.6) is 0 Å². The first-order valence-electron chi connectivity index (χ1n) is 5.84. The molecule has 0 spiro atoms. The molecule has 19 heavy (non-hydrogen) atoms. The van der Waals surface area contributed by atoms with Crippen molar-refractivity contribution in [2.24, 2.45) is 5.92 Å². The summed E-state index contributed by atoms with van der Waals surface area (Å²) in [5, 5.41) is 11.1. The fourth-order valence-electron chi connectivity index (χ4n) is 1.58. The zero-order chi connectivity index (χ0) is 14.6. The van der Waals surface area contributed by atoms with Crippen molar-refractivity contribution in [3.63, 3.8) is 0 Å². The van der Waals surface area contributed by atoms with Crippen molar-refractivity contribution >= 4 is 11.9 Å². The van der Waals surface area contributed by atoms with Gasteiger partial charge in [0.15, 0.2) is 0 Å². The molecule has 1 aromatic rings. The van der Waals surface area contributed by atoms with Gasteiger partial charge >= 0.3 is 5.97 Å². The van der Waals surface area contributed by atoms with Gasteiger partial charge in [0.1, 0.15) is 17.2 Å². The van der Waals surface area contributed by atoms with Crippen molar-refractivity contribution < 1.29 is 23.5 Å². The van der Waals surface area contributed by atoms with E-state index in [9.17, 15) is 18.4 Å². The van der Waals surface area contributed by atoms with Crippen LogP contribution in [0.2, 0.25) is 0 Å². The Morgan fingerprint density at radius 1 is 1.37 bits per heavy atom. The monoisotopic (exact) mass is 271 g/mol. The number of halogens is 2. The van der Waals surface area contributed by atoms with Gasteiger partial charge in [-0.1, -0.05) is 13.0 Å². The van der Waals surface area contributed by atoms with Crippen LogP contribution in [0.3, 0.4) is 0 Å². The standard InChI is InChI=1S/C13H15F2NO3/c1-3-8(13(18)19)6-16-12(17)10-9(14)5-4-7(2)11(10)15/h4-5,8H,3,6H2,1-2H3,(H,16,17)(H,18,19). The molecule has 1 aromatic carbocycles. The van der Waals surface area contributed by atoms with Crippen molar-refractivity contribution in [2.45, 2.75) is 20.3 Å². The molecule has 0 saturated heterocycles. The lowest BCUT2D eigenvalue weighted by Gasteiger charge is -2.12. The maximum atomic E-state index is 13.7. The van der Waals surface area contributed by atoms with Crippen molar-refractivity contribution in [1.82, 2.24) is 5.32 Å². The van der Waals surface area contributed by atoms with Crippen LogP contribution in [-0.2, 0) is 4.79 Å². The number of carbonyl (C=O) groups excluding carboxylic acids is 1. The van der Waals surface area contributed by atoms with Gasteiger partial charge in [0.05, 0.1) is 5.92 Å². The van der Waals surface area contributed by atoms with Crippen molar-refractivity contribution in [3.8, 4) is 0 Å². The lowest BCUT2D eigenvalue weighted by atomic mass is 10.1. The van der Waals surface area contributed by atoms with Crippen LogP contribution in [-0.4, -0.2) is 23.5 Å². The summed E-state index contributed by atoms with van der Waals surface area (Å²) in [6.07, 6.45) is 0.314. The van der Waals surface area contributed by atoms with E-state index >= 15 is 0 Å². The Kier molecular flexibility index (Phi) is 4.97. The van der Waals surface area contributed by atoms with Gasteiger partial charge in [0.25, 0.3) is 5.91 Å². The number of rotatable bonds is 5. The zero-order valence-corrected chi connectivity index (χ0v) is 10.7. The number of carboxylic acid groups (broad SMARTS) is 1. The van der Waals surface area contributed by atoms with Crippen LogP contribution >= 0.6 is 0 Å². The molecular weight excluding hydrogens is 256 g/mol. The van der Waals surface area contributed by atoms with Crippen LogP contribution in [0, 0.1) is 24.5 Å². The second-order valence-corrected chi connectivity index (χ2v) is 4.21. The van der Waals surface area contributed by atoms with Crippen LogP contribution in [0.4, 0.5) is 8.78 Å². The molecule has 0 aliphatic heterocycles. The summed E-state index contributed by atoms with van der Waals surface area (Å²) in [5.41, 5.74) is -0.530. The van der Waals surface area contributed by atoms with E-state index in [4.69, 9.17) is 5.11 Å². The predicted octanol–water partition coefficient (Wildman–Crippen LogP) is 2.11. The van der Waals surface area contributed by atoms with Crippen molar-refractivity contribution in [3.05, 3.63) is 34.9 Å². The van der Waals surface area contributed by atoms with Gasteiger partial charge in [0.2, 0.25) is 0 Å². The topological polar surface area (TPSA) is 66.4 Å². The molecule has 1 rings (SSSR count). The smallest absolute Gasteiger partial charge is 0.308 e. The highest BCUT2D eigenvalue weighted by Crippen LogP contribution is 2.16. The number of nitrogens with one attached hydrogen (secondary N) is 1. The summed E-state index contributed by atoms with van der Waals surface area (Å²) in [6.45, 7) is 2.90. The summed E-state index contributed by atoms with van der Waals surface area (Å²) in [5.74, 6) is -4.68. The van der Waals surface area contributed by atoms with Crippen LogP contribution in [0.1, 0.15) is 29.3 Å². The molecule has 0 bridgehead atoms. The number of aryl methyl sites for hydroxylation is 1. The van der Waals surface area contributed by atoms with E-state index in [1.807, 2.05) is 0 Å². The van der Waals surface area contributed by atoms with E-state index in [1.165, 1.54) is 13.0 Å². The quantitative estimate of drug-likeness (QED) is 0.862. The second kappa shape index (κ2) is 6.26. The minimum atomic E-state index is -1.06. The normalized spacial score (nSPS) is 12.0. The van der Waals surface area contributed by atoms with Gasteiger partial charge in [-0.2, -0.15) is 0 Å². The van der Waals surface area contributed by atoms with Crippen LogP contribution in [0.25, 0.3) is 0 Å². The van der Waals surface area contributed by atoms with Crippen molar-refractivity contribution in [1.29, 1.82) is 0 Å². The van der Waals surface area contributed by atoms with Gasteiger partial charge in [-0.25, -0.2) is 8.78 Å². The Hall–Kier alpha value is -1.98. The molecule has 0 aliphatic rings. The summed E-state index contributed by atoms with van der Waals surface area (Å²) >= 11 is 0. The third-order valence-electron chi connectivity index (χ3n) is 2.86. The maximum absolute atomic E-state index is 13.7. The van der Waals surface area contributed by atoms with Crippen LogP contribution < -0.4 is 5.32 Å². The first-order valence-corrected chi connectivity index (χ1v) is 5.84. The van der Waals surface area contributed by atoms with Gasteiger partial charge in [-0.05, 0) is 25.0 Å². The van der Waals surface area contributed by atoms with E-state index in [2.05, 4.69) is 5.32 Å². The number of hydrogen-bond donors (Lipinski definition) is 2. The Balaban J connectivity index is 2.85. The Labute approximate surface area is 109 Å². The third kappa shape index (κ3) is 3.49. The van der Waals surface area contributed by atoms with E-state index in [1.54, 1.807) is 6.92 Å². The minimum Gasteiger partial charge on any atom is -0.481 e. The molecule has 0 radical (unpaired) electrons. The maximum Gasteiger partial charge on any atom is 0.308 e. The molecule has 4 nitrogen and oxygen atoms in total. The fraction of sp³-hybridized carbons (Fsp3) is 0.385. The first-order chi connectivity index (χ1) is 8.88. The summed E-state index contributed by atoms with van der Waals surface area (Å²) in [7, 11) is 0. The molecule has 6 heteroatoms. The molecule has 1 unspecified atom stereocenters. The summed E-state index contributed by atoms with van der Waals surface area (Å²) < 4.78 is 27.1. The molecule has 1 amide bonds. The molecule has 0 heterocycles. The van der Waals surface area contributed by atoms with E-state index in [0.717, 1.165) is 6.07 Å². The Morgan fingerprint density at radius 2 is 2.00 bits per heavy atom. The number of carbonyl (C=O) groups is 2. The highest BCUT2D eigenvalue weighted by Gasteiger charge is 2.21. The number of benzene rings is 1. The molecule has 0 saturated carbocycles. The molecule has 0 fully saturated rings. The molecule has 0 aliphatic carbocycles. The van der Waals surface area contributed by atoms with E-state index in [0.29, 0.717) is 6.42 Å². The number of hydrogen-bond acceptors (Lipinski definition) is 2. The van der Waals surface area contributed by atoms with Gasteiger partial charge in [0, 0.05) is 6.54 Å². The SMILES string of the molecule is CCC(CNC(=O)c1c(F)ccc(C)c1F)C(=O)O. The molecular formula is C13H15F2NO3. The average Bonchev–Trinajstić information content (AvgIpc) is 2.34. The molecule has 0 aromatic heterocycles. The highest BCUT2D eigenvalue weighted by molar-refractivity contribution is 5.95. The number of aliphatic carboxylic acids is 1. The predicted molar refractivity (Wildman–Crippen MR) is 64.8 cm³/mol. The third-order valence-corrected chi connectivity index (χ3v) is 2.86. The zero-order valence-electron chi connectivity index (χ0n) is 10.7. The highest BCUT2D eigenvalue weighted by atomic mass is 19.1. The number of amides is 1. The number of carboxylic acids is 1. The minimum absolute atomic E-state index is 0.150. The largest absolute Gasteiger partial charge is 0.481 e. The van der Waals surface area contributed by atoms with Gasteiger partial charge in [-0.15, -0.1) is 0 Å². The Bertz CT molecular complexity index is 503. The van der Waals surface area contributed by atoms with E-state index < -0.39 is 35.0 Å². The average molecular weight is 271 g/mol. The summed E-state index contributed by atoms with van der Waals surface area (Å²) in [4.78, 5) is 22.5. The Morgan fingerprint density at radius 3 is 2.53 bits per heavy atom. The lowest BCUT2D eigenvalue weighted by molar-refractivity contribution is -0.141. The van der Waals surface area contributed by atoms with Gasteiger partial charge < -0.3 is 10.4 Å². The van der Waals surface area contributed by atoms with Gasteiger partial charge in [-0.3, -0.25) is 9.59 Å². The van der Waals surface area contributed by atoms with Crippen LogP contribution in [0.15, 0.2) is 12.1 Å². The molecule has 104 valence electrons. The molecule has 2 N–H and O–H groups in total. The second-order valence-electron chi connectivity index (χ2n) is 4.21. The fourth-order valence-corrected chi connectivity index (χ4v) is 1.58. The summed E-state index contributed by atoms with van der Waals surface area (Å²) in [6, 6.07) is 2.23. The lowest BCUT2D eigenvalue weighted by Crippen LogP contribution is -2.33. The van der Waals surface area contributed by atoms with Crippen molar-refractivity contribution in [2.75, 3.05) is 6.54 Å².